The molecule has 0 bridgehead atoms. The molecule has 0 saturated heterocycles. The summed E-state index contributed by atoms with van der Waals surface area (Å²) in [6, 6.07) is 13.1. The van der Waals surface area contributed by atoms with E-state index in [0.29, 0.717) is 30.5 Å². The molecule has 0 atom stereocenters. The monoisotopic (exact) mass is 330 g/mol. The second kappa shape index (κ2) is 8.82. The molecule has 2 rings (SSSR count). The molecule has 0 aliphatic carbocycles. The zero-order valence-electron chi connectivity index (χ0n) is 14.2. The zero-order chi connectivity index (χ0) is 17.4. The van der Waals surface area contributed by atoms with Gasteiger partial charge in [0.25, 0.3) is 0 Å². The SMILES string of the molecule is CCOc1cc(OCc2ccccc2CC(=O)OC)ccc1OC. The average Bonchev–Trinajstić information content (AvgIpc) is 2.61. The van der Waals surface area contributed by atoms with Crippen LogP contribution in [0.5, 0.6) is 17.2 Å². The van der Waals surface area contributed by atoms with Crippen LogP contribution in [0.15, 0.2) is 42.5 Å². The van der Waals surface area contributed by atoms with Crippen LogP contribution in [0.25, 0.3) is 0 Å². The maximum absolute atomic E-state index is 11.5. The maximum atomic E-state index is 11.5. The fourth-order valence-corrected chi connectivity index (χ4v) is 2.27. The van der Waals surface area contributed by atoms with Gasteiger partial charge in [0.1, 0.15) is 12.4 Å². The van der Waals surface area contributed by atoms with Gasteiger partial charge in [0, 0.05) is 6.07 Å². The lowest BCUT2D eigenvalue weighted by molar-refractivity contribution is -0.139. The number of rotatable bonds is 8. The van der Waals surface area contributed by atoms with Gasteiger partial charge in [0.2, 0.25) is 0 Å². The lowest BCUT2D eigenvalue weighted by atomic mass is 10.1. The van der Waals surface area contributed by atoms with Crippen molar-refractivity contribution < 1.29 is 23.7 Å². The van der Waals surface area contributed by atoms with E-state index in [2.05, 4.69) is 0 Å². The minimum absolute atomic E-state index is 0.225. The first-order chi connectivity index (χ1) is 11.7. The van der Waals surface area contributed by atoms with Crippen molar-refractivity contribution in [3.05, 3.63) is 53.6 Å². The highest BCUT2D eigenvalue weighted by atomic mass is 16.5. The average molecular weight is 330 g/mol. The van der Waals surface area contributed by atoms with Crippen molar-refractivity contribution >= 4 is 5.97 Å². The number of hydrogen-bond donors (Lipinski definition) is 0. The van der Waals surface area contributed by atoms with Gasteiger partial charge in [-0.3, -0.25) is 4.79 Å². The summed E-state index contributed by atoms with van der Waals surface area (Å²) in [6.07, 6.45) is 0.225. The molecule has 5 nitrogen and oxygen atoms in total. The van der Waals surface area contributed by atoms with E-state index in [-0.39, 0.29) is 12.4 Å². The van der Waals surface area contributed by atoms with Gasteiger partial charge in [0.15, 0.2) is 11.5 Å². The molecule has 0 aromatic heterocycles. The van der Waals surface area contributed by atoms with E-state index in [0.717, 1.165) is 11.1 Å². The van der Waals surface area contributed by atoms with Gasteiger partial charge in [-0.15, -0.1) is 0 Å². The number of carbonyl (C=O) groups excluding carboxylic acids is 1. The van der Waals surface area contributed by atoms with Crippen molar-refractivity contribution in [3.8, 4) is 17.2 Å². The molecule has 0 radical (unpaired) electrons. The van der Waals surface area contributed by atoms with Crippen LogP contribution in [-0.2, 0) is 22.6 Å². The quantitative estimate of drug-likeness (QED) is 0.695. The lowest BCUT2D eigenvalue weighted by Crippen LogP contribution is -2.08. The third-order valence-corrected chi connectivity index (χ3v) is 3.51. The van der Waals surface area contributed by atoms with Crippen LogP contribution in [0.2, 0.25) is 0 Å². The number of hydrogen-bond acceptors (Lipinski definition) is 5. The summed E-state index contributed by atoms with van der Waals surface area (Å²) in [5.74, 6) is 1.70. The molecule has 2 aromatic rings. The van der Waals surface area contributed by atoms with Crippen molar-refractivity contribution in [2.45, 2.75) is 20.0 Å². The van der Waals surface area contributed by atoms with Gasteiger partial charge in [0.05, 0.1) is 27.2 Å². The highest BCUT2D eigenvalue weighted by Gasteiger charge is 2.10. The minimum atomic E-state index is -0.273. The Labute approximate surface area is 142 Å². The number of ether oxygens (including phenoxy) is 4. The lowest BCUT2D eigenvalue weighted by Gasteiger charge is -2.13. The largest absolute Gasteiger partial charge is 0.493 e. The van der Waals surface area contributed by atoms with E-state index in [1.165, 1.54) is 7.11 Å². The number of methoxy groups -OCH3 is 2. The summed E-state index contributed by atoms with van der Waals surface area (Å²) in [6.45, 7) is 2.81. The molecule has 128 valence electrons. The predicted octanol–water partition coefficient (Wildman–Crippen LogP) is 3.39. The Bertz CT molecular complexity index is 681. The fraction of sp³-hybridized carbons (Fsp3) is 0.316. The van der Waals surface area contributed by atoms with Crippen LogP contribution < -0.4 is 14.2 Å². The van der Waals surface area contributed by atoms with E-state index in [1.807, 2.05) is 37.3 Å². The molecule has 2 aromatic carbocycles. The van der Waals surface area contributed by atoms with Crippen LogP contribution in [-0.4, -0.2) is 26.8 Å². The Morgan fingerprint density at radius 3 is 2.38 bits per heavy atom. The zero-order valence-corrected chi connectivity index (χ0v) is 14.2. The highest BCUT2D eigenvalue weighted by molar-refractivity contribution is 5.72. The molecule has 24 heavy (non-hydrogen) atoms. The molecule has 0 saturated carbocycles. The van der Waals surface area contributed by atoms with Gasteiger partial charge in [-0.05, 0) is 30.2 Å². The first-order valence-electron chi connectivity index (χ1n) is 7.75. The second-order valence-corrected chi connectivity index (χ2v) is 5.06. The minimum Gasteiger partial charge on any atom is -0.493 e. The van der Waals surface area contributed by atoms with E-state index in [9.17, 15) is 4.79 Å². The number of esters is 1. The Morgan fingerprint density at radius 1 is 0.958 bits per heavy atom. The molecule has 0 heterocycles. The Morgan fingerprint density at radius 2 is 1.71 bits per heavy atom. The first-order valence-corrected chi connectivity index (χ1v) is 7.75. The molecule has 0 unspecified atom stereocenters. The molecule has 0 N–H and O–H groups in total. The Hall–Kier alpha value is -2.69. The molecule has 0 aliphatic rings. The van der Waals surface area contributed by atoms with Crippen molar-refractivity contribution in [1.82, 2.24) is 0 Å². The van der Waals surface area contributed by atoms with E-state index < -0.39 is 0 Å². The van der Waals surface area contributed by atoms with Crippen molar-refractivity contribution in [3.63, 3.8) is 0 Å². The van der Waals surface area contributed by atoms with Gasteiger partial charge in [-0.1, -0.05) is 24.3 Å². The molecular formula is C19H22O5. The van der Waals surface area contributed by atoms with E-state index in [4.69, 9.17) is 18.9 Å². The Kier molecular flexibility index (Phi) is 6.49. The summed E-state index contributed by atoms with van der Waals surface area (Å²) < 4.78 is 21.4. The summed E-state index contributed by atoms with van der Waals surface area (Å²) in [7, 11) is 2.98. The molecule has 0 amide bonds. The van der Waals surface area contributed by atoms with Crippen LogP contribution in [0.4, 0.5) is 0 Å². The third-order valence-electron chi connectivity index (χ3n) is 3.51. The van der Waals surface area contributed by atoms with Gasteiger partial charge < -0.3 is 18.9 Å². The molecule has 0 spiro atoms. The van der Waals surface area contributed by atoms with Crippen LogP contribution in [0.1, 0.15) is 18.1 Å². The predicted molar refractivity (Wildman–Crippen MR) is 90.7 cm³/mol. The number of benzene rings is 2. The third kappa shape index (κ3) is 4.65. The van der Waals surface area contributed by atoms with Crippen molar-refractivity contribution in [2.24, 2.45) is 0 Å². The summed E-state index contributed by atoms with van der Waals surface area (Å²) in [5.41, 5.74) is 1.83. The van der Waals surface area contributed by atoms with Crippen LogP contribution in [0, 0.1) is 0 Å². The van der Waals surface area contributed by atoms with Crippen molar-refractivity contribution in [2.75, 3.05) is 20.8 Å². The summed E-state index contributed by atoms with van der Waals surface area (Å²) in [4.78, 5) is 11.5. The topological polar surface area (TPSA) is 54.0 Å². The second-order valence-electron chi connectivity index (χ2n) is 5.06. The van der Waals surface area contributed by atoms with Crippen molar-refractivity contribution in [1.29, 1.82) is 0 Å². The molecule has 0 fully saturated rings. The first kappa shape index (κ1) is 17.7. The summed E-state index contributed by atoms with van der Waals surface area (Å²) >= 11 is 0. The summed E-state index contributed by atoms with van der Waals surface area (Å²) in [5, 5.41) is 0. The highest BCUT2D eigenvalue weighted by Crippen LogP contribution is 2.31. The molecule has 0 aliphatic heterocycles. The molecule has 5 heteroatoms. The standard InChI is InChI=1S/C19H22O5/c1-4-23-18-12-16(9-10-17(18)21-2)24-13-15-8-6-5-7-14(15)11-19(20)22-3/h5-10,12H,4,11,13H2,1-3H3. The molecular weight excluding hydrogens is 308 g/mol. The van der Waals surface area contributed by atoms with Gasteiger partial charge in [-0.25, -0.2) is 0 Å². The van der Waals surface area contributed by atoms with Crippen LogP contribution >= 0.6 is 0 Å². The number of carbonyl (C=O) groups is 1. The Balaban J connectivity index is 2.11. The fourth-order valence-electron chi connectivity index (χ4n) is 2.27. The van der Waals surface area contributed by atoms with Crippen LogP contribution in [0.3, 0.4) is 0 Å². The maximum Gasteiger partial charge on any atom is 0.309 e. The normalized spacial score (nSPS) is 10.1. The van der Waals surface area contributed by atoms with E-state index in [1.54, 1.807) is 19.2 Å². The van der Waals surface area contributed by atoms with Gasteiger partial charge in [-0.2, -0.15) is 0 Å². The smallest absolute Gasteiger partial charge is 0.309 e. The van der Waals surface area contributed by atoms with Gasteiger partial charge >= 0.3 is 5.97 Å². The van der Waals surface area contributed by atoms with E-state index >= 15 is 0 Å².